The predicted octanol–water partition coefficient (Wildman–Crippen LogP) is -0.773. The van der Waals surface area contributed by atoms with Crippen molar-refractivity contribution in [2.75, 3.05) is 19.8 Å². The largest absolute Gasteiger partial charge is 0.518 e. The summed E-state index contributed by atoms with van der Waals surface area (Å²) < 4.78 is 71.4. The van der Waals surface area contributed by atoms with E-state index in [1.165, 1.54) is 24.3 Å². The molecule has 88 heavy (non-hydrogen) atoms. The molecule has 0 amide bonds. The minimum absolute atomic E-state index is 0. The van der Waals surface area contributed by atoms with Gasteiger partial charge >= 0.3 is 64.2 Å². The van der Waals surface area contributed by atoms with Crippen molar-refractivity contribution in [3.05, 3.63) is 206 Å². The van der Waals surface area contributed by atoms with Gasteiger partial charge in [-0.3, -0.25) is 19.2 Å². The number of ketones is 4. The lowest BCUT2D eigenvalue weighted by Gasteiger charge is -2.12. The lowest BCUT2D eigenvalue weighted by molar-refractivity contribution is -0.126. The van der Waals surface area contributed by atoms with E-state index in [0.717, 1.165) is 32.5 Å². The van der Waals surface area contributed by atoms with Crippen LogP contribution in [0.2, 0.25) is 0 Å². The van der Waals surface area contributed by atoms with Crippen molar-refractivity contribution in [3.63, 3.8) is 0 Å². The SMILES string of the molecule is C.C=C1OC=C(Cn2c(=O)n(Cc3coc(=O)o3)c(=O)n(Cc3coc(=O)o3)c2=O)O1.C=C1OCC(/C=C/Cn2c(=O)n(C/C=C/C3COC(=O)O3)c(=O)n(C/C=C/C3COC(=O)O3)c2=O)O1.O=C1CC(=O)C2C=CC=C12.O=C1OC2C(=O)CC(=O)C2O1. The van der Waals surface area contributed by atoms with Crippen molar-refractivity contribution in [2.24, 2.45) is 5.92 Å². The van der Waals surface area contributed by atoms with Crippen LogP contribution >= 0.6 is 0 Å². The number of carbonyl (C=O) groups excluding carboxylic acids is 7. The fourth-order valence-corrected chi connectivity index (χ4v) is 8.71. The van der Waals surface area contributed by atoms with Gasteiger partial charge in [-0.1, -0.05) is 43.9 Å². The van der Waals surface area contributed by atoms with Crippen LogP contribution in [0.25, 0.3) is 0 Å². The fourth-order valence-electron chi connectivity index (χ4n) is 8.71. The highest BCUT2D eigenvalue weighted by Crippen LogP contribution is 2.30. The normalized spacial score (nSPS) is 21.9. The maximum absolute atomic E-state index is 13.0. The molecule has 4 aromatic rings. The molecule has 4 saturated heterocycles. The smallest absolute Gasteiger partial charge is 0.462 e. The van der Waals surface area contributed by atoms with E-state index < -0.39 is 114 Å². The summed E-state index contributed by atoms with van der Waals surface area (Å²) in [6.07, 6.45) is 11.1. The summed E-state index contributed by atoms with van der Waals surface area (Å²) in [5, 5.41) is 0. The number of aromatic nitrogens is 6. The highest BCUT2D eigenvalue weighted by Gasteiger charge is 2.52. The first kappa shape index (κ1) is 62.5. The van der Waals surface area contributed by atoms with Gasteiger partial charge in [0.05, 0.1) is 58.0 Å². The van der Waals surface area contributed by atoms with Gasteiger partial charge in [-0.15, -0.1) is 0 Å². The number of allylic oxidation sites excluding steroid dienone is 8. The Hall–Kier alpha value is -11.6. The zero-order valence-electron chi connectivity index (χ0n) is 44.6. The van der Waals surface area contributed by atoms with E-state index in [0.29, 0.717) is 19.3 Å². The van der Waals surface area contributed by atoms with Gasteiger partial charge in [0, 0.05) is 5.57 Å². The van der Waals surface area contributed by atoms with Crippen LogP contribution in [-0.2, 0) is 106 Å². The number of Topliss-reactive ketones (excluding diaryl/α,β-unsaturated/α-hetero) is 4. The van der Waals surface area contributed by atoms with Crippen LogP contribution < -0.4 is 45.8 Å². The molecule has 0 radical (unpaired) electrons. The van der Waals surface area contributed by atoms with Gasteiger partial charge in [0.15, 0.2) is 58.7 Å². The average Bonchev–Trinajstić information content (AvgIpc) is 3.08. The molecule has 464 valence electrons. The molecule has 0 spiro atoms. The molecule has 5 aliphatic heterocycles. The number of hydrogen-bond acceptors (Lipinski definition) is 29. The van der Waals surface area contributed by atoms with Gasteiger partial charge in [-0.05, 0) is 31.4 Å². The van der Waals surface area contributed by atoms with E-state index in [1.54, 1.807) is 30.4 Å². The Bertz CT molecular complexity index is 3910. The summed E-state index contributed by atoms with van der Waals surface area (Å²) in [4.78, 5) is 176. The van der Waals surface area contributed by atoms with Crippen LogP contribution in [0.1, 0.15) is 31.8 Å². The summed E-state index contributed by atoms with van der Waals surface area (Å²) in [7, 11) is 0. The molecular weight excluding hydrogens is 1180 g/mol. The Balaban J connectivity index is 0.000000171. The Morgan fingerprint density at radius 1 is 0.489 bits per heavy atom. The Morgan fingerprint density at radius 2 is 0.932 bits per heavy atom. The molecule has 6 fully saturated rings. The molecule has 35 heteroatoms. The second-order valence-electron chi connectivity index (χ2n) is 18.6. The number of cyclic esters (lactones) is 4. The van der Waals surface area contributed by atoms with Crippen molar-refractivity contribution in [2.45, 2.75) is 90.1 Å². The topological polar surface area (TPSA) is 430 Å². The van der Waals surface area contributed by atoms with E-state index in [2.05, 4.69) is 40.9 Å². The summed E-state index contributed by atoms with van der Waals surface area (Å²) in [5.41, 5.74) is -4.93. The molecular formula is C53H48N6O29. The van der Waals surface area contributed by atoms with E-state index in [-0.39, 0.29) is 118 Å². The summed E-state index contributed by atoms with van der Waals surface area (Å²) in [5.74, 6) is -3.05. The van der Waals surface area contributed by atoms with Gasteiger partial charge in [0.2, 0.25) is 12.2 Å². The lowest BCUT2D eigenvalue weighted by atomic mass is 10.1. The standard InChI is InChI=1S/C22H23N3O11.C16H11N3O11.C8H6O2.C6H4O5.CH4/c1-14-31-11-15(34-14)5-2-8-23-18(26)24(9-3-6-16-12-32-21(29)35-16)20(28)25(19(23)27)10-4-7-17-13-33-22(30)36-17;1-8-25-5-9(28-8)2-17-12(20)18(3-10-6-26-15(23)29-10)14(22)19(13(17)21)4-11-7-27-16(24)30-11;9-7-4-8(10)6-3-1-2-5(6)7;7-2-1-3(8)5-4(2)10-6(9)11-5;/h2-7,15-17H,1,8-13H2;5-7H,1-4H2;1-3,5H,4H2;4-5H,1H2;1H4/b5-2+,6-3+,7-4+;;;;. The molecule has 6 unspecified atom stereocenters. The van der Waals surface area contributed by atoms with Crippen LogP contribution in [-0.4, -0.2) is 119 Å². The fraction of sp³-hybridized carbons (Fsp3) is 0.340. The number of fused-ring (bicyclic) bond motifs is 2. The molecule has 12 rings (SSSR count). The predicted molar refractivity (Wildman–Crippen MR) is 282 cm³/mol. The summed E-state index contributed by atoms with van der Waals surface area (Å²) in [6.45, 7) is 5.30. The first-order chi connectivity index (χ1) is 41.6. The van der Waals surface area contributed by atoms with E-state index >= 15 is 0 Å². The highest BCUT2D eigenvalue weighted by atomic mass is 16.8. The Labute approximate surface area is 487 Å². The number of carbonyl (C=O) groups is 7. The molecule has 2 saturated carbocycles. The third-order valence-corrected chi connectivity index (χ3v) is 12.7. The van der Waals surface area contributed by atoms with Crippen molar-refractivity contribution in [1.29, 1.82) is 0 Å². The Morgan fingerprint density at radius 3 is 1.32 bits per heavy atom. The van der Waals surface area contributed by atoms with Crippen LogP contribution in [0.3, 0.4) is 0 Å². The van der Waals surface area contributed by atoms with Crippen LogP contribution in [0.4, 0.5) is 14.4 Å². The van der Waals surface area contributed by atoms with Crippen LogP contribution in [0.15, 0.2) is 166 Å². The maximum Gasteiger partial charge on any atom is 0.518 e. The first-order valence-corrected chi connectivity index (χ1v) is 25.4. The van der Waals surface area contributed by atoms with Crippen molar-refractivity contribution >= 4 is 41.6 Å². The van der Waals surface area contributed by atoms with Crippen molar-refractivity contribution < 1.29 is 98.6 Å². The molecule has 35 nitrogen and oxygen atoms in total. The maximum atomic E-state index is 13.0. The third-order valence-electron chi connectivity index (χ3n) is 12.7. The number of hydrogen-bond donors (Lipinski definition) is 0. The van der Waals surface area contributed by atoms with Gasteiger partial charge in [-0.2, -0.15) is 0 Å². The molecule has 4 aromatic heterocycles. The summed E-state index contributed by atoms with van der Waals surface area (Å²) >= 11 is 0. The van der Waals surface area contributed by atoms with Crippen molar-refractivity contribution in [3.8, 4) is 0 Å². The molecule has 3 aliphatic carbocycles. The van der Waals surface area contributed by atoms with Gasteiger partial charge < -0.3 is 65.0 Å². The molecule has 8 aliphatic rings. The molecule has 9 heterocycles. The molecule has 6 atom stereocenters. The monoisotopic (exact) mass is 1230 g/mol. The van der Waals surface area contributed by atoms with E-state index in [9.17, 15) is 71.9 Å². The van der Waals surface area contributed by atoms with E-state index in [1.807, 2.05) is 0 Å². The zero-order valence-corrected chi connectivity index (χ0v) is 44.6. The number of nitrogens with zero attached hydrogens (tertiary/aromatic N) is 6. The minimum atomic E-state index is -1.06. The first-order valence-electron chi connectivity index (χ1n) is 25.4. The second kappa shape index (κ2) is 27.0. The molecule has 0 bridgehead atoms. The second-order valence-corrected chi connectivity index (χ2v) is 18.6. The molecule has 0 N–H and O–H groups in total. The van der Waals surface area contributed by atoms with Gasteiger partial charge in [0.1, 0.15) is 38.6 Å². The number of ether oxygens (including phenoxy) is 10. The quantitative estimate of drug-likeness (QED) is 0.0610. The summed E-state index contributed by atoms with van der Waals surface area (Å²) in [6, 6.07) is 0. The lowest BCUT2D eigenvalue weighted by Crippen LogP contribution is -2.54. The molecule has 0 aromatic carbocycles. The highest BCUT2D eigenvalue weighted by molar-refractivity contribution is 6.19. The zero-order chi connectivity index (χ0) is 62.2. The van der Waals surface area contributed by atoms with Crippen molar-refractivity contribution in [1.82, 2.24) is 27.4 Å². The Kier molecular flexibility index (Phi) is 19.2. The average molecular weight is 1230 g/mol. The van der Waals surface area contributed by atoms with Crippen LogP contribution in [0.5, 0.6) is 0 Å². The third kappa shape index (κ3) is 14.5. The minimum Gasteiger partial charge on any atom is -0.462 e. The van der Waals surface area contributed by atoms with Gasteiger partial charge in [-0.25, -0.2) is 80.1 Å². The number of rotatable bonds is 15. The van der Waals surface area contributed by atoms with E-state index in [4.69, 9.17) is 37.3 Å². The van der Waals surface area contributed by atoms with Crippen LogP contribution in [0, 0.1) is 5.92 Å². The van der Waals surface area contributed by atoms with Gasteiger partial charge in [0.25, 0.3) is 11.9 Å².